The van der Waals surface area contributed by atoms with Gasteiger partial charge in [-0.2, -0.15) is 0 Å². The van der Waals surface area contributed by atoms with Crippen molar-refractivity contribution in [3.63, 3.8) is 0 Å². The molecule has 0 saturated carbocycles. The number of carbonyl (C=O) groups is 2. The molecule has 0 radical (unpaired) electrons. The van der Waals surface area contributed by atoms with Crippen LogP contribution in [0.4, 0.5) is 0 Å². The first kappa shape index (κ1) is 17.3. The largest absolute Gasteiger partial charge is 0.483 e. The van der Waals surface area contributed by atoms with E-state index in [4.69, 9.17) is 19.4 Å². The summed E-state index contributed by atoms with van der Waals surface area (Å²) < 4.78 is 12.5. The van der Waals surface area contributed by atoms with Gasteiger partial charge in [-0.15, -0.1) is 0 Å². The van der Waals surface area contributed by atoms with Gasteiger partial charge in [-0.05, 0) is 17.7 Å². The number of rotatable bonds is 5. The molecule has 2 heterocycles. The highest BCUT2D eigenvalue weighted by atomic mass is 16.7. The lowest BCUT2D eigenvalue weighted by Crippen LogP contribution is -2.27. The van der Waals surface area contributed by atoms with Crippen LogP contribution in [0.25, 0.3) is 0 Å². The monoisotopic (exact) mass is 333 g/mol. The van der Waals surface area contributed by atoms with E-state index in [9.17, 15) is 4.79 Å². The van der Waals surface area contributed by atoms with Gasteiger partial charge in [0, 0.05) is 32.4 Å². The van der Waals surface area contributed by atoms with Gasteiger partial charge in [0.25, 0.3) is 6.47 Å². The third-order valence-corrected chi connectivity index (χ3v) is 3.39. The zero-order chi connectivity index (χ0) is 17.4. The molecule has 1 aliphatic rings. The molecule has 0 atom stereocenters. The highest BCUT2D eigenvalue weighted by Crippen LogP contribution is 2.32. The Morgan fingerprint density at radius 2 is 2.17 bits per heavy atom. The van der Waals surface area contributed by atoms with Gasteiger partial charge in [-0.1, -0.05) is 6.07 Å². The fraction of sp³-hybridized carbons (Fsp3) is 0.312. The molecule has 0 saturated heterocycles. The van der Waals surface area contributed by atoms with Gasteiger partial charge in [-0.25, -0.2) is 4.98 Å². The van der Waals surface area contributed by atoms with Gasteiger partial charge in [0.15, 0.2) is 11.5 Å². The zero-order valence-electron chi connectivity index (χ0n) is 13.3. The minimum atomic E-state index is -0.250. The lowest BCUT2D eigenvalue weighted by molar-refractivity contribution is -0.123. The lowest BCUT2D eigenvalue weighted by atomic mass is 10.1. The Balaban J connectivity index is 0.000000647. The summed E-state index contributed by atoms with van der Waals surface area (Å²) in [5.41, 5.74) is 0.911. The third-order valence-electron chi connectivity index (χ3n) is 3.39. The van der Waals surface area contributed by atoms with Crippen LogP contribution in [0.3, 0.4) is 0 Å². The smallest absolute Gasteiger partial charge is 0.290 e. The van der Waals surface area contributed by atoms with Gasteiger partial charge in [0.05, 0.1) is 6.42 Å². The summed E-state index contributed by atoms with van der Waals surface area (Å²) in [5, 5.41) is 9.79. The van der Waals surface area contributed by atoms with Crippen molar-refractivity contribution in [1.82, 2.24) is 14.9 Å². The van der Waals surface area contributed by atoms with Crippen molar-refractivity contribution in [3.8, 4) is 11.5 Å². The Morgan fingerprint density at radius 1 is 1.42 bits per heavy atom. The maximum atomic E-state index is 11.9. The van der Waals surface area contributed by atoms with Gasteiger partial charge in [-0.3, -0.25) is 9.59 Å². The first-order chi connectivity index (χ1) is 11.6. The van der Waals surface area contributed by atoms with Crippen molar-refractivity contribution in [1.29, 1.82) is 0 Å². The Hall–Kier alpha value is -3.03. The van der Waals surface area contributed by atoms with E-state index in [1.807, 2.05) is 36.0 Å². The average Bonchev–Trinajstić information content (AvgIpc) is 3.17. The van der Waals surface area contributed by atoms with Crippen LogP contribution in [0.15, 0.2) is 30.6 Å². The molecule has 24 heavy (non-hydrogen) atoms. The number of carbonyl (C=O) groups excluding carboxylic acids is 1. The predicted molar refractivity (Wildman–Crippen MR) is 84.9 cm³/mol. The van der Waals surface area contributed by atoms with E-state index in [1.54, 1.807) is 6.20 Å². The number of nitrogens with zero attached hydrogens (tertiary/aromatic N) is 2. The minimum absolute atomic E-state index is 0.0110. The average molecular weight is 333 g/mol. The van der Waals surface area contributed by atoms with E-state index in [0.717, 1.165) is 23.6 Å². The Morgan fingerprint density at radius 3 is 2.88 bits per heavy atom. The summed E-state index contributed by atoms with van der Waals surface area (Å²) in [6, 6.07) is 5.56. The van der Waals surface area contributed by atoms with Crippen molar-refractivity contribution in [2.24, 2.45) is 7.05 Å². The van der Waals surface area contributed by atoms with Gasteiger partial charge < -0.3 is 24.5 Å². The number of hydrogen-bond donors (Lipinski definition) is 2. The highest BCUT2D eigenvalue weighted by Gasteiger charge is 2.14. The van der Waals surface area contributed by atoms with E-state index in [2.05, 4.69) is 10.3 Å². The predicted octanol–water partition coefficient (Wildman–Crippen LogP) is 0.751. The molecule has 0 fully saturated rings. The standard InChI is InChI=1S/C15H17N3O3.CH2O2/c1-18-7-6-16-14(18)4-5-17-15(19)9-11-2-3-12-13(8-11)21-10-20-12;2-1-3/h2-3,6-8H,4-5,9-10H2,1H3,(H,17,19);1H,(H,2,3). The van der Waals surface area contributed by atoms with E-state index in [-0.39, 0.29) is 19.2 Å². The molecule has 2 N–H and O–H groups in total. The summed E-state index contributed by atoms with van der Waals surface area (Å²) in [6.45, 7) is 0.572. The molecule has 1 amide bonds. The van der Waals surface area contributed by atoms with Crippen molar-refractivity contribution < 1.29 is 24.2 Å². The first-order valence-corrected chi connectivity index (χ1v) is 7.33. The van der Waals surface area contributed by atoms with Gasteiger partial charge in [0.1, 0.15) is 5.82 Å². The summed E-state index contributed by atoms with van der Waals surface area (Å²) in [7, 11) is 1.94. The van der Waals surface area contributed by atoms with E-state index in [0.29, 0.717) is 18.7 Å². The number of ether oxygens (including phenoxy) is 2. The van der Waals surface area contributed by atoms with Crippen LogP contribution in [0.5, 0.6) is 11.5 Å². The van der Waals surface area contributed by atoms with Crippen LogP contribution < -0.4 is 14.8 Å². The number of aromatic nitrogens is 2. The molecule has 8 heteroatoms. The molecular weight excluding hydrogens is 314 g/mol. The second-order valence-electron chi connectivity index (χ2n) is 5.02. The molecule has 1 aromatic heterocycles. The molecule has 3 rings (SSSR count). The Labute approximate surface area is 139 Å². The number of aryl methyl sites for hydroxylation is 1. The molecule has 1 aliphatic heterocycles. The summed E-state index contributed by atoms with van der Waals surface area (Å²) in [6.07, 6.45) is 4.70. The van der Waals surface area contributed by atoms with Crippen LogP contribution in [-0.4, -0.2) is 40.4 Å². The Bertz CT molecular complexity index is 699. The van der Waals surface area contributed by atoms with Crippen LogP contribution in [0.1, 0.15) is 11.4 Å². The van der Waals surface area contributed by atoms with Gasteiger partial charge in [0.2, 0.25) is 12.7 Å². The number of fused-ring (bicyclic) bond motifs is 1. The van der Waals surface area contributed by atoms with Crippen molar-refractivity contribution >= 4 is 12.4 Å². The number of imidazole rings is 1. The summed E-state index contributed by atoms with van der Waals surface area (Å²) in [4.78, 5) is 24.5. The number of benzene rings is 1. The zero-order valence-corrected chi connectivity index (χ0v) is 13.3. The number of carboxylic acid groups (broad SMARTS) is 1. The molecule has 1 aromatic carbocycles. The molecule has 8 nitrogen and oxygen atoms in total. The first-order valence-electron chi connectivity index (χ1n) is 7.33. The van der Waals surface area contributed by atoms with Crippen molar-refractivity contribution in [2.45, 2.75) is 12.8 Å². The lowest BCUT2D eigenvalue weighted by Gasteiger charge is -2.06. The topological polar surface area (TPSA) is 103 Å². The molecule has 0 spiro atoms. The van der Waals surface area contributed by atoms with E-state index >= 15 is 0 Å². The van der Waals surface area contributed by atoms with Crippen molar-refractivity contribution in [2.75, 3.05) is 13.3 Å². The fourth-order valence-electron chi connectivity index (χ4n) is 2.25. The molecule has 2 aromatic rings. The minimum Gasteiger partial charge on any atom is -0.483 e. The molecular formula is C16H19N3O5. The number of nitrogens with one attached hydrogen (secondary N) is 1. The Kier molecular flexibility index (Phi) is 6.18. The SMILES string of the molecule is Cn1ccnc1CCNC(=O)Cc1ccc2c(c1)OCO2.O=CO. The molecule has 0 aliphatic carbocycles. The number of amides is 1. The van der Waals surface area contributed by atoms with Gasteiger partial charge >= 0.3 is 0 Å². The maximum Gasteiger partial charge on any atom is 0.290 e. The summed E-state index contributed by atoms with van der Waals surface area (Å²) >= 11 is 0. The molecule has 0 bridgehead atoms. The summed E-state index contributed by atoms with van der Waals surface area (Å²) in [5.74, 6) is 2.38. The van der Waals surface area contributed by atoms with Crippen LogP contribution in [0, 0.1) is 0 Å². The van der Waals surface area contributed by atoms with E-state index in [1.165, 1.54) is 0 Å². The van der Waals surface area contributed by atoms with Crippen LogP contribution in [0.2, 0.25) is 0 Å². The maximum absolute atomic E-state index is 11.9. The van der Waals surface area contributed by atoms with Crippen molar-refractivity contribution in [3.05, 3.63) is 42.0 Å². The quantitative estimate of drug-likeness (QED) is 0.783. The van der Waals surface area contributed by atoms with Crippen LogP contribution >= 0.6 is 0 Å². The number of hydrogen-bond acceptors (Lipinski definition) is 5. The normalized spacial score (nSPS) is 11.4. The highest BCUT2D eigenvalue weighted by molar-refractivity contribution is 5.78. The fourth-order valence-corrected chi connectivity index (χ4v) is 2.25. The second-order valence-corrected chi connectivity index (χ2v) is 5.02. The third kappa shape index (κ3) is 4.73. The van der Waals surface area contributed by atoms with Crippen LogP contribution in [-0.2, 0) is 29.5 Å². The molecule has 0 unspecified atom stereocenters. The second kappa shape index (κ2) is 8.56. The van der Waals surface area contributed by atoms with E-state index < -0.39 is 0 Å². The molecule has 128 valence electrons.